The molecule has 0 radical (unpaired) electrons. The molecule has 1 amide bonds. The predicted octanol–water partition coefficient (Wildman–Crippen LogP) is 2.44. The van der Waals surface area contributed by atoms with E-state index in [1.165, 1.54) is 0 Å². The summed E-state index contributed by atoms with van der Waals surface area (Å²) < 4.78 is 0. The number of benzene rings is 1. The lowest BCUT2D eigenvalue weighted by molar-refractivity contribution is -0.142. The minimum Gasteiger partial charge on any atom is -0.480 e. The molecule has 1 fully saturated rings. The quantitative estimate of drug-likeness (QED) is 0.810. The summed E-state index contributed by atoms with van der Waals surface area (Å²) in [5, 5.41) is 12.3. The molecule has 1 aromatic rings. The fraction of sp³-hybridized carbons (Fsp3) is 0.556. The SMILES string of the molecule is CC(C)CC(NC(=O)CN1CCCC1C(=O)O)c1ccccc1. The van der Waals surface area contributed by atoms with Crippen LogP contribution < -0.4 is 5.32 Å². The largest absolute Gasteiger partial charge is 0.480 e. The molecular weight excluding hydrogens is 292 g/mol. The highest BCUT2D eigenvalue weighted by Crippen LogP contribution is 2.22. The summed E-state index contributed by atoms with van der Waals surface area (Å²) in [5.74, 6) is -0.483. The Morgan fingerprint density at radius 3 is 2.61 bits per heavy atom. The molecule has 0 aliphatic carbocycles. The van der Waals surface area contributed by atoms with Crippen molar-refractivity contribution in [2.75, 3.05) is 13.1 Å². The number of nitrogens with one attached hydrogen (secondary N) is 1. The van der Waals surface area contributed by atoms with Crippen molar-refractivity contribution in [3.05, 3.63) is 35.9 Å². The average molecular weight is 318 g/mol. The van der Waals surface area contributed by atoms with Crippen LogP contribution in [0.3, 0.4) is 0 Å². The summed E-state index contributed by atoms with van der Waals surface area (Å²) in [7, 11) is 0. The molecule has 1 heterocycles. The number of carboxylic acids is 1. The first-order valence-corrected chi connectivity index (χ1v) is 8.28. The van der Waals surface area contributed by atoms with Crippen molar-refractivity contribution >= 4 is 11.9 Å². The zero-order valence-corrected chi connectivity index (χ0v) is 13.9. The minimum atomic E-state index is -0.836. The van der Waals surface area contributed by atoms with E-state index in [0.717, 1.165) is 18.4 Å². The van der Waals surface area contributed by atoms with Gasteiger partial charge in [-0.1, -0.05) is 44.2 Å². The molecule has 0 bridgehead atoms. The van der Waals surface area contributed by atoms with Crippen LogP contribution in [-0.2, 0) is 9.59 Å². The number of rotatable bonds is 7. The smallest absolute Gasteiger partial charge is 0.320 e. The minimum absolute atomic E-state index is 0.0328. The highest BCUT2D eigenvalue weighted by Gasteiger charge is 2.32. The molecule has 0 aromatic heterocycles. The molecule has 1 aliphatic heterocycles. The van der Waals surface area contributed by atoms with Crippen molar-refractivity contribution in [2.45, 2.75) is 45.2 Å². The Labute approximate surface area is 137 Å². The van der Waals surface area contributed by atoms with Gasteiger partial charge in [-0.05, 0) is 37.3 Å². The highest BCUT2D eigenvalue weighted by atomic mass is 16.4. The molecule has 2 N–H and O–H groups in total. The molecule has 2 atom stereocenters. The molecule has 1 aliphatic rings. The Morgan fingerprint density at radius 1 is 1.30 bits per heavy atom. The van der Waals surface area contributed by atoms with Crippen molar-refractivity contribution < 1.29 is 14.7 Å². The van der Waals surface area contributed by atoms with E-state index in [4.69, 9.17) is 0 Å². The Kier molecular flexibility index (Phi) is 6.16. The summed E-state index contributed by atoms with van der Waals surface area (Å²) in [4.78, 5) is 25.4. The lowest BCUT2D eigenvalue weighted by atomic mass is 9.97. The van der Waals surface area contributed by atoms with Gasteiger partial charge in [-0.15, -0.1) is 0 Å². The predicted molar refractivity (Wildman–Crippen MR) is 89.0 cm³/mol. The van der Waals surface area contributed by atoms with Gasteiger partial charge in [0.2, 0.25) is 5.91 Å². The van der Waals surface area contributed by atoms with Crippen LogP contribution in [0.25, 0.3) is 0 Å². The van der Waals surface area contributed by atoms with Gasteiger partial charge >= 0.3 is 5.97 Å². The lowest BCUT2D eigenvalue weighted by Crippen LogP contribution is -2.43. The average Bonchev–Trinajstić information content (AvgIpc) is 2.95. The first-order valence-electron chi connectivity index (χ1n) is 8.28. The number of hydrogen-bond donors (Lipinski definition) is 2. The van der Waals surface area contributed by atoms with Crippen molar-refractivity contribution in [1.82, 2.24) is 10.2 Å². The molecule has 23 heavy (non-hydrogen) atoms. The second kappa shape index (κ2) is 8.11. The molecule has 5 nitrogen and oxygen atoms in total. The van der Waals surface area contributed by atoms with Gasteiger partial charge in [0.05, 0.1) is 12.6 Å². The van der Waals surface area contributed by atoms with Gasteiger partial charge < -0.3 is 10.4 Å². The Balaban J connectivity index is 1.99. The first-order chi connectivity index (χ1) is 11.0. The van der Waals surface area contributed by atoms with Crippen LogP contribution in [-0.4, -0.2) is 41.0 Å². The van der Waals surface area contributed by atoms with Crippen molar-refractivity contribution in [3.8, 4) is 0 Å². The van der Waals surface area contributed by atoms with E-state index in [1.807, 2.05) is 30.3 Å². The maximum Gasteiger partial charge on any atom is 0.320 e. The van der Waals surface area contributed by atoms with Crippen LogP contribution in [0, 0.1) is 5.92 Å². The molecule has 2 rings (SSSR count). The molecule has 126 valence electrons. The van der Waals surface area contributed by atoms with E-state index in [-0.39, 0.29) is 18.5 Å². The van der Waals surface area contributed by atoms with Gasteiger partial charge in [0.15, 0.2) is 0 Å². The Hall–Kier alpha value is -1.88. The topological polar surface area (TPSA) is 69.6 Å². The molecule has 0 saturated carbocycles. The molecule has 1 saturated heterocycles. The number of aliphatic carboxylic acids is 1. The second-order valence-electron chi connectivity index (χ2n) is 6.63. The van der Waals surface area contributed by atoms with E-state index in [2.05, 4.69) is 19.2 Å². The van der Waals surface area contributed by atoms with Gasteiger partial charge in [0, 0.05) is 0 Å². The molecular formula is C18H26N2O3. The summed E-state index contributed by atoms with van der Waals surface area (Å²) in [5.41, 5.74) is 1.09. The van der Waals surface area contributed by atoms with Crippen LogP contribution in [0.4, 0.5) is 0 Å². The lowest BCUT2D eigenvalue weighted by Gasteiger charge is -2.24. The van der Waals surface area contributed by atoms with Crippen molar-refractivity contribution in [1.29, 1.82) is 0 Å². The maximum absolute atomic E-state index is 12.4. The normalized spacial score (nSPS) is 19.7. The second-order valence-corrected chi connectivity index (χ2v) is 6.63. The monoisotopic (exact) mass is 318 g/mol. The number of carbonyl (C=O) groups excluding carboxylic acids is 1. The molecule has 5 heteroatoms. The summed E-state index contributed by atoms with van der Waals surface area (Å²) in [6.45, 7) is 5.08. The number of amides is 1. The summed E-state index contributed by atoms with van der Waals surface area (Å²) in [6.07, 6.45) is 2.31. The number of carboxylic acid groups (broad SMARTS) is 1. The van der Waals surface area contributed by atoms with Crippen LogP contribution in [0.15, 0.2) is 30.3 Å². The molecule has 2 unspecified atom stereocenters. The van der Waals surface area contributed by atoms with E-state index in [0.29, 0.717) is 18.9 Å². The van der Waals surface area contributed by atoms with E-state index < -0.39 is 12.0 Å². The van der Waals surface area contributed by atoms with Crippen LogP contribution in [0.5, 0.6) is 0 Å². The summed E-state index contributed by atoms with van der Waals surface area (Å²) in [6, 6.07) is 9.37. The van der Waals surface area contributed by atoms with E-state index >= 15 is 0 Å². The fourth-order valence-electron chi connectivity index (χ4n) is 3.15. The van der Waals surface area contributed by atoms with Gasteiger partial charge in [-0.2, -0.15) is 0 Å². The summed E-state index contributed by atoms with van der Waals surface area (Å²) >= 11 is 0. The van der Waals surface area contributed by atoms with Crippen molar-refractivity contribution in [2.24, 2.45) is 5.92 Å². The Bertz CT molecular complexity index is 530. The number of nitrogens with zero attached hydrogens (tertiary/aromatic N) is 1. The van der Waals surface area contributed by atoms with Crippen LogP contribution in [0.2, 0.25) is 0 Å². The third-order valence-corrected chi connectivity index (χ3v) is 4.24. The van der Waals surface area contributed by atoms with Gasteiger partial charge in [-0.3, -0.25) is 14.5 Å². The zero-order chi connectivity index (χ0) is 16.8. The first kappa shape index (κ1) is 17.5. The number of hydrogen-bond acceptors (Lipinski definition) is 3. The fourth-order valence-corrected chi connectivity index (χ4v) is 3.15. The third kappa shape index (κ3) is 5.06. The van der Waals surface area contributed by atoms with Crippen LogP contribution in [0.1, 0.15) is 44.7 Å². The number of carbonyl (C=O) groups is 2. The molecule has 0 spiro atoms. The Morgan fingerprint density at radius 2 is 2.00 bits per heavy atom. The number of likely N-dealkylation sites (tertiary alicyclic amines) is 1. The standard InChI is InChI=1S/C18H26N2O3/c1-13(2)11-15(14-7-4-3-5-8-14)19-17(21)12-20-10-6-9-16(20)18(22)23/h3-5,7-8,13,15-16H,6,9-12H2,1-2H3,(H,19,21)(H,22,23). The van der Waals surface area contributed by atoms with Gasteiger partial charge in [-0.25, -0.2) is 0 Å². The molecule has 1 aromatic carbocycles. The highest BCUT2D eigenvalue weighted by molar-refractivity contribution is 5.80. The van der Waals surface area contributed by atoms with Crippen LogP contribution >= 0.6 is 0 Å². The maximum atomic E-state index is 12.4. The van der Waals surface area contributed by atoms with Crippen molar-refractivity contribution in [3.63, 3.8) is 0 Å². The van der Waals surface area contributed by atoms with E-state index in [9.17, 15) is 14.7 Å². The third-order valence-electron chi connectivity index (χ3n) is 4.24. The van der Waals surface area contributed by atoms with Gasteiger partial charge in [0.1, 0.15) is 6.04 Å². The van der Waals surface area contributed by atoms with Gasteiger partial charge in [0.25, 0.3) is 0 Å². The van der Waals surface area contributed by atoms with E-state index in [1.54, 1.807) is 4.90 Å². The zero-order valence-electron chi connectivity index (χ0n) is 13.9.